The molecule has 0 saturated carbocycles. The molecule has 6 heteroatoms. The fourth-order valence-electron chi connectivity index (χ4n) is 3.60. The van der Waals surface area contributed by atoms with Crippen molar-refractivity contribution in [2.24, 2.45) is 0 Å². The number of benzene rings is 1. The van der Waals surface area contributed by atoms with Crippen LogP contribution < -0.4 is 5.56 Å². The smallest absolute Gasteiger partial charge is 0.278 e. The van der Waals surface area contributed by atoms with E-state index in [4.69, 9.17) is 11.6 Å². The van der Waals surface area contributed by atoms with Gasteiger partial charge in [0.05, 0.1) is 13.0 Å². The van der Waals surface area contributed by atoms with E-state index in [1.807, 2.05) is 18.2 Å². The molecule has 2 aromatic heterocycles. The molecule has 1 aromatic carbocycles. The number of aromatic nitrogens is 3. The van der Waals surface area contributed by atoms with E-state index in [0.717, 1.165) is 23.9 Å². The lowest BCUT2D eigenvalue weighted by molar-refractivity contribution is 0.193. The van der Waals surface area contributed by atoms with Gasteiger partial charge in [-0.15, -0.1) is 0 Å². The highest BCUT2D eigenvalue weighted by molar-refractivity contribution is 6.31. The minimum atomic E-state index is -0.0240. The van der Waals surface area contributed by atoms with Gasteiger partial charge in [0.15, 0.2) is 0 Å². The summed E-state index contributed by atoms with van der Waals surface area (Å²) in [7, 11) is 0. The van der Waals surface area contributed by atoms with Crippen molar-refractivity contribution >= 4 is 33.5 Å². The molecule has 1 atom stereocenters. The summed E-state index contributed by atoms with van der Waals surface area (Å²) in [6, 6.07) is 6.11. The van der Waals surface area contributed by atoms with Crippen LogP contribution in [0.4, 0.5) is 0 Å². The second-order valence-corrected chi connectivity index (χ2v) is 6.65. The molecule has 0 spiro atoms. The van der Waals surface area contributed by atoms with Crippen LogP contribution in [0.1, 0.15) is 26.2 Å². The first-order chi connectivity index (χ1) is 11.2. The molecule has 0 bridgehead atoms. The van der Waals surface area contributed by atoms with Gasteiger partial charge >= 0.3 is 0 Å². The summed E-state index contributed by atoms with van der Waals surface area (Å²) >= 11 is 6.06. The van der Waals surface area contributed by atoms with Crippen molar-refractivity contribution < 1.29 is 0 Å². The Morgan fingerprint density at radius 3 is 3.13 bits per heavy atom. The summed E-state index contributed by atoms with van der Waals surface area (Å²) in [5, 5.41) is 1.54. The van der Waals surface area contributed by atoms with Gasteiger partial charge in [-0.2, -0.15) is 0 Å². The van der Waals surface area contributed by atoms with E-state index in [1.54, 1.807) is 10.9 Å². The number of fused-ring (bicyclic) bond motifs is 3. The number of nitrogens with zero attached hydrogens (tertiary/aromatic N) is 3. The van der Waals surface area contributed by atoms with Crippen LogP contribution in [0.25, 0.3) is 21.9 Å². The molecule has 0 amide bonds. The van der Waals surface area contributed by atoms with Crippen molar-refractivity contribution in [2.45, 2.75) is 38.9 Å². The van der Waals surface area contributed by atoms with Gasteiger partial charge in [-0.1, -0.05) is 18.5 Å². The summed E-state index contributed by atoms with van der Waals surface area (Å²) in [5.41, 5.74) is 2.11. The Labute approximate surface area is 138 Å². The van der Waals surface area contributed by atoms with Crippen molar-refractivity contribution in [1.29, 1.82) is 0 Å². The Kier molecular flexibility index (Phi) is 3.62. The van der Waals surface area contributed by atoms with Crippen molar-refractivity contribution in [3.63, 3.8) is 0 Å². The summed E-state index contributed by atoms with van der Waals surface area (Å²) in [6.07, 6.45) is 5.19. The van der Waals surface area contributed by atoms with E-state index in [1.165, 1.54) is 12.8 Å². The number of likely N-dealkylation sites (tertiary alicyclic amines) is 1. The molecule has 1 N–H and O–H groups in total. The number of H-pyrrole nitrogens is 1. The maximum absolute atomic E-state index is 12.8. The summed E-state index contributed by atoms with van der Waals surface area (Å²) in [4.78, 5) is 22.9. The molecule has 0 radical (unpaired) electrons. The third-order valence-corrected chi connectivity index (χ3v) is 5.07. The summed E-state index contributed by atoms with van der Waals surface area (Å²) in [5.74, 6) is 0. The first-order valence-corrected chi connectivity index (χ1v) is 8.45. The van der Waals surface area contributed by atoms with Crippen molar-refractivity contribution in [3.05, 3.63) is 39.9 Å². The zero-order valence-electron chi connectivity index (χ0n) is 13.1. The Balaban J connectivity index is 1.79. The fourth-order valence-corrected chi connectivity index (χ4v) is 3.77. The highest BCUT2D eigenvalue weighted by atomic mass is 35.5. The number of hydrogen-bond donors (Lipinski definition) is 1. The molecule has 1 aliphatic rings. The zero-order valence-corrected chi connectivity index (χ0v) is 13.8. The van der Waals surface area contributed by atoms with E-state index in [0.29, 0.717) is 28.8 Å². The van der Waals surface area contributed by atoms with Crippen LogP contribution in [0, 0.1) is 0 Å². The quantitative estimate of drug-likeness (QED) is 0.801. The van der Waals surface area contributed by atoms with Gasteiger partial charge in [-0.25, -0.2) is 4.98 Å². The van der Waals surface area contributed by atoms with Crippen LogP contribution in [0.15, 0.2) is 29.3 Å². The molecule has 120 valence electrons. The topological polar surface area (TPSA) is 53.9 Å². The van der Waals surface area contributed by atoms with Gasteiger partial charge in [0.2, 0.25) is 0 Å². The summed E-state index contributed by atoms with van der Waals surface area (Å²) in [6.45, 7) is 3.86. The van der Waals surface area contributed by atoms with Crippen LogP contribution >= 0.6 is 11.6 Å². The standard InChI is InChI=1S/C17H19ClN4O/c1-2-12-4-3-7-21(12)10-22-9-19-15-13-8-11(18)5-6-14(13)20-16(15)17(22)23/h5-6,8-9,12,20H,2-4,7,10H2,1H3/t12-/m1/s1. The third-order valence-electron chi connectivity index (χ3n) is 4.84. The van der Waals surface area contributed by atoms with Gasteiger partial charge in [0.1, 0.15) is 11.0 Å². The first kappa shape index (κ1) is 14.7. The van der Waals surface area contributed by atoms with Gasteiger partial charge < -0.3 is 4.98 Å². The maximum atomic E-state index is 12.8. The minimum absolute atomic E-state index is 0.0240. The molecule has 3 aromatic rings. The van der Waals surface area contributed by atoms with Crippen LogP contribution in [-0.2, 0) is 6.67 Å². The SMILES string of the molecule is CC[C@@H]1CCCN1Cn1cnc2c([nH]c3ccc(Cl)cc32)c1=O. The zero-order chi connectivity index (χ0) is 16.0. The number of halogens is 1. The molecule has 0 aliphatic carbocycles. The monoisotopic (exact) mass is 330 g/mol. The van der Waals surface area contributed by atoms with Crippen molar-refractivity contribution in [1.82, 2.24) is 19.4 Å². The average Bonchev–Trinajstić information content (AvgIpc) is 3.14. The number of rotatable bonds is 3. The third kappa shape index (κ3) is 2.44. The summed E-state index contributed by atoms with van der Waals surface area (Å²) < 4.78 is 1.70. The molecule has 3 heterocycles. The molecular formula is C17H19ClN4O. The highest BCUT2D eigenvalue weighted by Gasteiger charge is 2.23. The molecular weight excluding hydrogens is 312 g/mol. The Morgan fingerprint density at radius 1 is 1.43 bits per heavy atom. The van der Waals surface area contributed by atoms with Crippen LogP contribution in [0.3, 0.4) is 0 Å². The van der Waals surface area contributed by atoms with Gasteiger partial charge in [-0.3, -0.25) is 14.3 Å². The molecule has 23 heavy (non-hydrogen) atoms. The lowest BCUT2D eigenvalue weighted by Gasteiger charge is -2.23. The largest absolute Gasteiger partial charge is 0.349 e. The fraction of sp³-hybridized carbons (Fsp3) is 0.412. The lowest BCUT2D eigenvalue weighted by atomic mass is 10.2. The number of aromatic amines is 1. The van der Waals surface area contributed by atoms with E-state index < -0.39 is 0 Å². The van der Waals surface area contributed by atoms with Crippen molar-refractivity contribution in [3.8, 4) is 0 Å². The minimum Gasteiger partial charge on any atom is -0.349 e. The highest BCUT2D eigenvalue weighted by Crippen LogP contribution is 2.25. The van der Waals surface area contributed by atoms with E-state index >= 15 is 0 Å². The van der Waals surface area contributed by atoms with Gasteiger partial charge in [0.25, 0.3) is 5.56 Å². The second kappa shape index (κ2) is 5.65. The average molecular weight is 331 g/mol. The van der Waals surface area contributed by atoms with Crippen LogP contribution in [0.5, 0.6) is 0 Å². The normalized spacial score (nSPS) is 19.1. The molecule has 1 aliphatic heterocycles. The lowest BCUT2D eigenvalue weighted by Crippen LogP contribution is -2.35. The van der Waals surface area contributed by atoms with Crippen LogP contribution in [-0.4, -0.2) is 32.0 Å². The number of hydrogen-bond acceptors (Lipinski definition) is 3. The van der Waals surface area contributed by atoms with Crippen LogP contribution in [0.2, 0.25) is 5.02 Å². The Hall–Kier alpha value is -1.85. The maximum Gasteiger partial charge on any atom is 0.278 e. The Morgan fingerprint density at radius 2 is 2.30 bits per heavy atom. The van der Waals surface area contributed by atoms with Gasteiger partial charge in [0, 0.05) is 28.5 Å². The van der Waals surface area contributed by atoms with E-state index in [2.05, 4.69) is 21.8 Å². The second-order valence-electron chi connectivity index (χ2n) is 6.22. The predicted molar refractivity (Wildman–Crippen MR) is 92.9 cm³/mol. The molecule has 5 nitrogen and oxygen atoms in total. The molecule has 4 rings (SSSR count). The number of nitrogens with one attached hydrogen (secondary N) is 1. The molecule has 1 saturated heterocycles. The van der Waals surface area contributed by atoms with Gasteiger partial charge in [-0.05, 0) is 37.5 Å². The predicted octanol–water partition coefficient (Wildman–Crippen LogP) is 3.36. The molecule has 0 unspecified atom stereocenters. The van der Waals surface area contributed by atoms with Crippen molar-refractivity contribution in [2.75, 3.05) is 6.54 Å². The Bertz CT molecular complexity index is 929. The van der Waals surface area contributed by atoms with E-state index in [9.17, 15) is 4.79 Å². The first-order valence-electron chi connectivity index (χ1n) is 8.08. The van der Waals surface area contributed by atoms with E-state index in [-0.39, 0.29) is 5.56 Å². The molecule has 1 fully saturated rings.